The van der Waals surface area contributed by atoms with E-state index in [-0.39, 0.29) is 49.3 Å². The van der Waals surface area contributed by atoms with Crippen molar-refractivity contribution in [3.8, 4) is 5.75 Å². The van der Waals surface area contributed by atoms with Gasteiger partial charge < -0.3 is 9.64 Å². The van der Waals surface area contributed by atoms with Crippen LogP contribution in [0.15, 0.2) is 47.4 Å². The van der Waals surface area contributed by atoms with Crippen LogP contribution in [0.3, 0.4) is 0 Å². The minimum Gasteiger partial charge on any atom is -0.484 e. The Bertz CT molecular complexity index is 1040. The molecule has 1 fully saturated rings. The van der Waals surface area contributed by atoms with Crippen LogP contribution in [0.1, 0.15) is 11.1 Å². The summed E-state index contributed by atoms with van der Waals surface area (Å²) in [6.07, 6.45) is 0. The number of benzene rings is 2. The van der Waals surface area contributed by atoms with Crippen molar-refractivity contribution < 1.29 is 22.9 Å². The maximum Gasteiger partial charge on any atom is 0.269 e. The van der Waals surface area contributed by atoms with Crippen LogP contribution < -0.4 is 4.74 Å². The summed E-state index contributed by atoms with van der Waals surface area (Å²) >= 11 is 0. The number of hydrogen-bond donors (Lipinski definition) is 0. The van der Waals surface area contributed by atoms with Crippen molar-refractivity contribution in [2.24, 2.45) is 0 Å². The molecule has 3 rings (SSSR count). The van der Waals surface area contributed by atoms with Crippen molar-refractivity contribution in [3.63, 3.8) is 0 Å². The van der Waals surface area contributed by atoms with E-state index in [1.807, 2.05) is 32.0 Å². The number of nitro groups is 1. The molecule has 9 nitrogen and oxygen atoms in total. The number of nitro benzene ring substituents is 1. The molecule has 1 aliphatic heterocycles. The number of rotatable bonds is 6. The molecule has 30 heavy (non-hydrogen) atoms. The van der Waals surface area contributed by atoms with E-state index in [1.165, 1.54) is 16.4 Å². The molecule has 10 heteroatoms. The predicted molar refractivity (Wildman–Crippen MR) is 110 cm³/mol. The van der Waals surface area contributed by atoms with Crippen LogP contribution in [-0.2, 0) is 14.8 Å². The highest BCUT2D eigenvalue weighted by molar-refractivity contribution is 7.89. The van der Waals surface area contributed by atoms with Crippen molar-refractivity contribution >= 4 is 21.6 Å². The summed E-state index contributed by atoms with van der Waals surface area (Å²) in [5.74, 6) is 0.409. The lowest BCUT2D eigenvalue weighted by Gasteiger charge is -2.34. The van der Waals surface area contributed by atoms with Crippen LogP contribution in [0.5, 0.6) is 5.75 Å². The van der Waals surface area contributed by atoms with Crippen molar-refractivity contribution in [1.29, 1.82) is 0 Å². The van der Waals surface area contributed by atoms with E-state index in [4.69, 9.17) is 4.74 Å². The molecule has 1 aliphatic rings. The number of ether oxygens (including phenoxy) is 1. The molecule has 0 spiro atoms. The zero-order chi connectivity index (χ0) is 21.9. The zero-order valence-corrected chi connectivity index (χ0v) is 17.6. The molecule has 0 radical (unpaired) electrons. The van der Waals surface area contributed by atoms with E-state index in [2.05, 4.69) is 0 Å². The van der Waals surface area contributed by atoms with E-state index < -0.39 is 14.9 Å². The fraction of sp³-hybridized carbons (Fsp3) is 0.350. The highest BCUT2D eigenvalue weighted by Crippen LogP contribution is 2.21. The Morgan fingerprint density at radius 1 is 1.03 bits per heavy atom. The molecule has 0 saturated carbocycles. The minimum absolute atomic E-state index is 0.00838. The average Bonchev–Trinajstić information content (AvgIpc) is 2.74. The van der Waals surface area contributed by atoms with Crippen LogP contribution in [0, 0.1) is 24.0 Å². The monoisotopic (exact) mass is 433 g/mol. The second kappa shape index (κ2) is 8.80. The van der Waals surface area contributed by atoms with Gasteiger partial charge in [0, 0.05) is 38.3 Å². The first-order valence-electron chi connectivity index (χ1n) is 9.41. The van der Waals surface area contributed by atoms with Gasteiger partial charge in [-0.3, -0.25) is 14.9 Å². The van der Waals surface area contributed by atoms with Crippen LogP contribution in [0.2, 0.25) is 0 Å². The van der Waals surface area contributed by atoms with Gasteiger partial charge in [-0.2, -0.15) is 4.31 Å². The highest BCUT2D eigenvalue weighted by atomic mass is 32.2. The summed E-state index contributed by atoms with van der Waals surface area (Å²) in [6, 6.07) is 10.4. The summed E-state index contributed by atoms with van der Waals surface area (Å²) in [4.78, 5) is 24.1. The molecule has 1 amide bonds. The zero-order valence-electron chi connectivity index (χ0n) is 16.8. The molecule has 0 bridgehead atoms. The second-order valence-corrected chi connectivity index (χ2v) is 9.01. The van der Waals surface area contributed by atoms with Gasteiger partial charge >= 0.3 is 0 Å². The number of amides is 1. The molecule has 0 aliphatic carbocycles. The molecular formula is C20H23N3O6S. The molecule has 1 saturated heterocycles. The van der Waals surface area contributed by atoms with Crippen molar-refractivity contribution in [3.05, 3.63) is 63.7 Å². The number of piperazine rings is 1. The molecule has 160 valence electrons. The Labute approximate surface area is 175 Å². The third kappa shape index (κ3) is 4.77. The first-order chi connectivity index (χ1) is 14.2. The standard InChI is InChI=1S/C20H23N3O6S/c1-15-3-6-18(13-16(15)2)29-14-20(24)21-9-11-22(12-10-21)30(27,28)19-7-4-17(5-8-19)23(25)26/h3-8,13H,9-12,14H2,1-2H3. The maximum absolute atomic E-state index is 12.7. The number of carbonyl (C=O) groups is 1. The van der Waals surface area contributed by atoms with Gasteiger partial charge in [0.1, 0.15) is 5.75 Å². The van der Waals surface area contributed by atoms with Gasteiger partial charge in [0.2, 0.25) is 10.0 Å². The Balaban J connectivity index is 1.56. The Morgan fingerprint density at radius 2 is 1.67 bits per heavy atom. The van der Waals surface area contributed by atoms with Gasteiger partial charge in [-0.25, -0.2) is 8.42 Å². The first kappa shape index (κ1) is 21.7. The average molecular weight is 433 g/mol. The number of non-ortho nitro benzene ring substituents is 1. The summed E-state index contributed by atoms with van der Waals surface area (Å²) in [6.45, 7) is 4.65. The van der Waals surface area contributed by atoms with Crippen LogP contribution in [0.25, 0.3) is 0 Å². The SMILES string of the molecule is Cc1ccc(OCC(=O)N2CCN(S(=O)(=O)c3ccc([N+](=O)[O-])cc3)CC2)cc1C. The largest absolute Gasteiger partial charge is 0.484 e. The van der Waals surface area contributed by atoms with Gasteiger partial charge in [0.25, 0.3) is 11.6 Å². The summed E-state index contributed by atoms with van der Waals surface area (Å²) < 4.78 is 32.3. The van der Waals surface area contributed by atoms with E-state index >= 15 is 0 Å². The molecule has 2 aromatic carbocycles. The van der Waals surface area contributed by atoms with Crippen molar-refractivity contribution in [2.75, 3.05) is 32.8 Å². The molecule has 0 N–H and O–H groups in total. The van der Waals surface area contributed by atoms with E-state index in [0.29, 0.717) is 5.75 Å². The topological polar surface area (TPSA) is 110 Å². The van der Waals surface area contributed by atoms with E-state index in [9.17, 15) is 23.3 Å². The van der Waals surface area contributed by atoms with E-state index in [1.54, 1.807) is 4.90 Å². The lowest BCUT2D eigenvalue weighted by Crippen LogP contribution is -2.51. The van der Waals surface area contributed by atoms with Gasteiger partial charge in [-0.1, -0.05) is 6.07 Å². The number of sulfonamides is 1. The Morgan fingerprint density at radius 3 is 2.23 bits per heavy atom. The van der Waals surface area contributed by atoms with Crippen LogP contribution in [-0.4, -0.2) is 61.2 Å². The highest BCUT2D eigenvalue weighted by Gasteiger charge is 2.30. The number of nitrogens with zero attached hydrogens (tertiary/aromatic N) is 3. The van der Waals surface area contributed by atoms with Crippen LogP contribution in [0.4, 0.5) is 5.69 Å². The quantitative estimate of drug-likeness (QED) is 0.510. The molecule has 2 aromatic rings. The fourth-order valence-corrected chi connectivity index (χ4v) is 4.53. The normalized spacial score (nSPS) is 15.1. The molecule has 0 unspecified atom stereocenters. The summed E-state index contributed by atoms with van der Waals surface area (Å²) in [5, 5.41) is 10.7. The molecular weight excluding hydrogens is 410 g/mol. The number of hydrogen-bond acceptors (Lipinski definition) is 6. The molecule has 0 atom stereocenters. The van der Waals surface area contributed by atoms with Gasteiger partial charge in [-0.05, 0) is 49.2 Å². The molecule has 1 heterocycles. The lowest BCUT2D eigenvalue weighted by molar-refractivity contribution is -0.384. The predicted octanol–water partition coefficient (Wildman–Crippen LogP) is 2.12. The fourth-order valence-electron chi connectivity index (χ4n) is 3.11. The Kier molecular flexibility index (Phi) is 6.37. The summed E-state index contributed by atoms with van der Waals surface area (Å²) in [5.41, 5.74) is 2.04. The second-order valence-electron chi connectivity index (χ2n) is 7.07. The van der Waals surface area contributed by atoms with E-state index in [0.717, 1.165) is 23.3 Å². The third-order valence-electron chi connectivity index (χ3n) is 5.12. The smallest absolute Gasteiger partial charge is 0.269 e. The van der Waals surface area contributed by atoms with Gasteiger partial charge in [0.05, 0.1) is 9.82 Å². The molecule has 0 aromatic heterocycles. The Hall–Kier alpha value is -2.98. The third-order valence-corrected chi connectivity index (χ3v) is 7.03. The summed E-state index contributed by atoms with van der Waals surface area (Å²) in [7, 11) is -3.78. The minimum atomic E-state index is -3.78. The number of aryl methyl sites for hydroxylation is 2. The lowest BCUT2D eigenvalue weighted by atomic mass is 10.1. The van der Waals surface area contributed by atoms with Crippen molar-refractivity contribution in [1.82, 2.24) is 9.21 Å². The first-order valence-corrected chi connectivity index (χ1v) is 10.8. The maximum atomic E-state index is 12.7. The number of carbonyl (C=O) groups excluding carboxylic acids is 1. The van der Waals surface area contributed by atoms with Crippen LogP contribution >= 0.6 is 0 Å². The van der Waals surface area contributed by atoms with Gasteiger partial charge in [-0.15, -0.1) is 0 Å². The van der Waals surface area contributed by atoms with Crippen molar-refractivity contribution in [2.45, 2.75) is 18.7 Å². The van der Waals surface area contributed by atoms with Gasteiger partial charge in [0.15, 0.2) is 6.61 Å².